The van der Waals surface area contributed by atoms with E-state index in [1.807, 2.05) is 6.92 Å². The summed E-state index contributed by atoms with van der Waals surface area (Å²) in [5, 5.41) is 8.73. The molecule has 0 aromatic carbocycles. The van der Waals surface area contributed by atoms with Gasteiger partial charge in [-0.15, -0.1) is 0 Å². The summed E-state index contributed by atoms with van der Waals surface area (Å²) >= 11 is 0. The zero-order valence-corrected chi connectivity index (χ0v) is 8.95. The lowest BCUT2D eigenvalue weighted by Crippen LogP contribution is -1.96. The van der Waals surface area contributed by atoms with Gasteiger partial charge in [-0.25, -0.2) is 9.78 Å². The van der Waals surface area contributed by atoms with Crippen molar-refractivity contribution in [3.63, 3.8) is 0 Å². The molecule has 84 valence electrons. The number of aryl methyl sites for hydroxylation is 2. The number of aromatic carboxylic acids is 1. The number of nitrogens with zero attached hydrogens (tertiary/aromatic N) is 1. The molecule has 0 atom stereocenters. The van der Waals surface area contributed by atoms with E-state index >= 15 is 0 Å². The molecule has 0 aliphatic carbocycles. The van der Waals surface area contributed by atoms with Crippen molar-refractivity contribution in [1.29, 1.82) is 0 Å². The van der Waals surface area contributed by atoms with Crippen molar-refractivity contribution >= 4 is 5.97 Å². The number of carbonyl (C=O) groups is 1. The molecular formula is C10H15NO4. The van der Waals surface area contributed by atoms with Crippen molar-refractivity contribution in [1.82, 2.24) is 4.98 Å². The summed E-state index contributed by atoms with van der Waals surface area (Å²) in [6.07, 6.45) is 1.39. The predicted molar refractivity (Wildman–Crippen MR) is 53.0 cm³/mol. The molecule has 5 heteroatoms. The first-order chi connectivity index (χ1) is 7.15. The summed E-state index contributed by atoms with van der Waals surface area (Å²) in [7, 11) is 0. The zero-order chi connectivity index (χ0) is 11.3. The van der Waals surface area contributed by atoms with Crippen molar-refractivity contribution in [3.8, 4) is 0 Å². The highest BCUT2D eigenvalue weighted by atomic mass is 16.5. The lowest BCUT2D eigenvalue weighted by molar-refractivity contribution is 0.0659. The van der Waals surface area contributed by atoms with Crippen molar-refractivity contribution in [3.05, 3.63) is 17.3 Å². The molecular weight excluding hydrogens is 198 g/mol. The van der Waals surface area contributed by atoms with Crippen molar-refractivity contribution in [2.45, 2.75) is 26.7 Å². The van der Waals surface area contributed by atoms with Crippen LogP contribution in [0.25, 0.3) is 0 Å². The fraction of sp³-hybridized carbons (Fsp3) is 0.600. The Morgan fingerprint density at radius 3 is 2.87 bits per heavy atom. The first-order valence-corrected chi connectivity index (χ1v) is 4.92. The van der Waals surface area contributed by atoms with Crippen LogP contribution >= 0.6 is 0 Å². The molecule has 0 spiro atoms. The lowest BCUT2D eigenvalue weighted by atomic mass is 10.3. The smallest absolute Gasteiger partial charge is 0.373 e. The summed E-state index contributed by atoms with van der Waals surface area (Å²) in [5.74, 6) is -0.679. The van der Waals surface area contributed by atoms with Gasteiger partial charge >= 0.3 is 5.97 Å². The molecule has 0 radical (unpaired) electrons. The van der Waals surface area contributed by atoms with Crippen LogP contribution in [-0.4, -0.2) is 29.3 Å². The van der Waals surface area contributed by atoms with E-state index < -0.39 is 5.97 Å². The second-order valence-corrected chi connectivity index (χ2v) is 3.13. The SMILES string of the molecule is CCOCCCc1nc(C)c(C(=O)O)o1. The Hall–Kier alpha value is -1.36. The normalized spacial score (nSPS) is 10.5. The van der Waals surface area contributed by atoms with Crippen LogP contribution in [0.1, 0.15) is 35.5 Å². The minimum atomic E-state index is -1.07. The van der Waals surface area contributed by atoms with Crippen LogP contribution in [0.5, 0.6) is 0 Å². The third kappa shape index (κ3) is 3.36. The van der Waals surface area contributed by atoms with Crippen LogP contribution in [0.15, 0.2) is 4.42 Å². The molecule has 0 bridgehead atoms. The molecule has 1 aromatic rings. The summed E-state index contributed by atoms with van der Waals surface area (Å²) in [6.45, 7) is 4.88. The number of hydrogen-bond donors (Lipinski definition) is 1. The Balaban J connectivity index is 2.48. The van der Waals surface area contributed by atoms with E-state index in [9.17, 15) is 4.79 Å². The van der Waals surface area contributed by atoms with Gasteiger partial charge in [-0.2, -0.15) is 0 Å². The zero-order valence-electron chi connectivity index (χ0n) is 8.95. The van der Waals surface area contributed by atoms with Crippen LogP contribution in [0.4, 0.5) is 0 Å². The van der Waals surface area contributed by atoms with Gasteiger partial charge in [-0.05, 0) is 20.3 Å². The topological polar surface area (TPSA) is 72.6 Å². The summed E-state index contributed by atoms with van der Waals surface area (Å²) in [5.41, 5.74) is 0.425. The van der Waals surface area contributed by atoms with E-state index in [-0.39, 0.29) is 5.76 Å². The first-order valence-electron chi connectivity index (χ1n) is 4.92. The van der Waals surface area contributed by atoms with Crippen LogP contribution in [0.3, 0.4) is 0 Å². The van der Waals surface area contributed by atoms with E-state index in [0.717, 1.165) is 6.42 Å². The highest BCUT2D eigenvalue weighted by Gasteiger charge is 2.15. The average molecular weight is 213 g/mol. The van der Waals surface area contributed by atoms with Gasteiger partial charge in [0, 0.05) is 19.6 Å². The Morgan fingerprint density at radius 2 is 2.33 bits per heavy atom. The fourth-order valence-corrected chi connectivity index (χ4v) is 1.23. The van der Waals surface area contributed by atoms with Crippen LogP contribution < -0.4 is 0 Å². The highest BCUT2D eigenvalue weighted by Crippen LogP contribution is 2.11. The van der Waals surface area contributed by atoms with E-state index in [2.05, 4.69) is 4.98 Å². The molecule has 1 N–H and O–H groups in total. The van der Waals surface area contributed by atoms with Gasteiger partial charge in [-0.1, -0.05) is 0 Å². The van der Waals surface area contributed by atoms with Gasteiger partial charge in [0.05, 0.1) is 5.69 Å². The van der Waals surface area contributed by atoms with E-state index in [0.29, 0.717) is 31.2 Å². The molecule has 0 aliphatic rings. The number of hydrogen-bond acceptors (Lipinski definition) is 4. The number of aromatic nitrogens is 1. The molecule has 1 aromatic heterocycles. The molecule has 15 heavy (non-hydrogen) atoms. The second-order valence-electron chi connectivity index (χ2n) is 3.13. The Morgan fingerprint density at radius 1 is 1.60 bits per heavy atom. The van der Waals surface area contributed by atoms with Crippen LogP contribution in [0.2, 0.25) is 0 Å². The quantitative estimate of drug-likeness (QED) is 0.727. The Kier molecular flexibility index (Phi) is 4.30. The largest absolute Gasteiger partial charge is 0.475 e. The predicted octanol–water partition coefficient (Wildman–Crippen LogP) is 1.65. The van der Waals surface area contributed by atoms with E-state index in [1.165, 1.54) is 0 Å². The molecule has 0 unspecified atom stereocenters. The lowest BCUT2D eigenvalue weighted by Gasteiger charge is -1.97. The average Bonchev–Trinajstić information content (AvgIpc) is 2.55. The molecule has 1 rings (SSSR count). The summed E-state index contributed by atoms with van der Waals surface area (Å²) in [4.78, 5) is 14.7. The van der Waals surface area contributed by atoms with Gasteiger partial charge < -0.3 is 14.3 Å². The Labute approximate surface area is 88.1 Å². The molecule has 5 nitrogen and oxygen atoms in total. The number of ether oxygens (including phenoxy) is 1. The van der Waals surface area contributed by atoms with Gasteiger partial charge in [0.25, 0.3) is 0 Å². The number of oxazole rings is 1. The second kappa shape index (κ2) is 5.50. The maximum atomic E-state index is 10.7. The minimum Gasteiger partial charge on any atom is -0.475 e. The van der Waals surface area contributed by atoms with Crippen LogP contribution in [-0.2, 0) is 11.2 Å². The van der Waals surface area contributed by atoms with Crippen LogP contribution in [0, 0.1) is 6.92 Å². The van der Waals surface area contributed by atoms with Crippen molar-refractivity contribution in [2.75, 3.05) is 13.2 Å². The van der Waals surface area contributed by atoms with Crippen molar-refractivity contribution in [2.24, 2.45) is 0 Å². The monoisotopic (exact) mass is 213 g/mol. The van der Waals surface area contributed by atoms with Gasteiger partial charge in [0.1, 0.15) is 0 Å². The summed E-state index contributed by atoms with van der Waals surface area (Å²) < 4.78 is 10.2. The molecule has 0 fully saturated rings. The van der Waals surface area contributed by atoms with Gasteiger partial charge in [-0.3, -0.25) is 0 Å². The van der Waals surface area contributed by atoms with Crippen molar-refractivity contribution < 1.29 is 19.1 Å². The molecule has 0 aliphatic heterocycles. The van der Waals surface area contributed by atoms with Gasteiger partial charge in [0.15, 0.2) is 5.89 Å². The maximum Gasteiger partial charge on any atom is 0.373 e. The third-order valence-electron chi connectivity index (χ3n) is 1.92. The fourth-order valence-electron chi connectivity index (χ4n) is 1.23. The molecule has 1 heterocycles. The van der Waals surface area contributed by atoms with Gasteiger partial charge in [0.2, 0.25) is 5.76 Å². The summed E-state index contributed by atoms with van der Waals surface area (Å²) in [6, 6.07) is 0. The highest BCUT2D eigenvalue weighted by molar-refractivity contribution is 5.85. The Bertz CT molecular complexity index is 332. The van der Waals surface area contributed by atoms with E-state index in [1.54, 1.807) is 6.92 Å². The number of carboxylic acid groups (broad SMARTS) is 1. The number of rotatable bonds is 6. The first kappa shape index (κ1) is 11.7. The number of carboxylic acids is 1. The molecule has 0 amide bonds. The maximum absolute atomic E-state index is 10.7. The standard InChI is InChI=1S/C10H15NO4/c1-3-14-6-4-5-8-11-7(2)9(15-8)10(12)13/h3-6H2,1-2H3,(H,12,13). The third-order valence-corrected chi connectivity index (χ3v) is 1.92. The molecule has 0 saturated carbocycles. The molecule has 0 saturated heterocycles. The van der Waals surface area contributed by atoms with E-state index in [4.69, 9.17) is 14.3 Å². The minimum absolute atomic E-state index is 0.0681.